The Hall–Kier alpha value is -1.98. The van der Waals surface area contributed by atoms with Gasteiger partial charge < -0.3 is 5.73 Å². The van der Waals surface area contributed by atoms with Crippen molar-refractivity contribution in [3.8, 4) is 5.69 Å². The summed E-state index contributed by atoms with van der Waals surface area (Å²) < 4.78 is 15.7. The van der Waals surface area contributed by atoms with E-state index in [0.29, 0.717) is 4.47 Å². The average molecular weight is 346 g/mol. The summed E-state index contributed by atoms with van der Waals surface area (Å²) in [6, 6.07) is 15.7. The van der Waals surface area contributed by atoms with Crippen LogP contribution in [0, 0.1) is 5.82 Å². The van der Waals surface area contributed by atoms with Crippen molar-refractivity contribution < 1.29 is 4.39 Å². The zero-order valence-corrected chi connectivity index (χ0v) is 12.7. The molecular weight excluding hydrogens is 333 g/mol. The minimum Gasteiger partial charge on any atom is -0.319 e. The fourth-order valence-electron chi connectivity index (χ4n) is 2.25. The maximum atomic E-state index is 13.2. The van der Waals surface area contributed by atoms with Crippen molar-refractivity contribution in [2.45, 2.75) is 6.04 Å². The van der Waals surface area contributed by atoms with Gasteiger partial charge in [-0.15, -0.1) is 0 Å². The van der Waals surface area contributed by atoms with Crippen LogP contribution in [0.4, 0.5) is 4.39 Å². The smallest absolute Gasteiger partial charge is 0.124 e. The van der Waals surface area contributed by atoms with E-state index in [9.17, 15) is 4.39 Å². The van der Waals surface area contributed by atoms with Gasteiger partial charge in [0.25, 0.3) is 0 Å². The summed E-state index contributed by atoms with van der Waals surface area (Å²) in [5.74, 6) is -0.297. The Morgan fingerprint density at radius 3 is 2.57 bits per heavy atom. The van der Waals surface area contributed by atoms with Gasteiger partial charge in [-0.05, 0) is 35.9 Å². The molecule has 2 N–H and O–H groups in total. The van der Waals surface area contributed by atoms with E-state index in [1.165, 1.54) is 12.1 Å². The van der Waals surface area contributed by atoms with Gasteiger partial charge in [-0.2, -0.15) is 5.10 Å². The first kappa shape index (κ1) is 14.0. The fourth-order valence-corrected chi connectivity index (χ4v) is 2.84. The van der Waals surface area contributed by atoms with Crippen molar-refractivity contribution in [1.82, 2.24) is 9.78 Å². The highest BCUT2D eigenvalue weighted by atomic mass is 79.9. The zero-order valence-electron chi connectivity index (χ0n) is 11.1. The first-order chi connectivity index (χ1) is 10.2. The van der Waals surface area contributed by atoms with Crippen LogP contribution >= 0.6 is 15.9 Å². The monoisotopic (exact) mass is 345 g/mol. The summed E-state index contributed by atoms with van der Waals surface area (Å²) in [6.07, 6.45) is 1.71. The van der Waals surface area contributed by atoms with E-state index < -0.39 is 6.04 Å². The molecule has 0 aliphatic carbocycles. The van der Waals surface area contributed by atoms with Crippen molar-refractivity contribution in [3.05, 3.63) is 82.3 Å². The fraction of sp³-hybridized carbons (Fsp3) is 0.0625. The minimum atomic E-state index is -0.400. The predicted molar refractivity (Wildman–Crippen MR) is 83.7 cm³/mol. The largest absolute Gasteiger partial charge is 0.319 e. The second-order valence-electron chi connectivity index (χ2n) is 4.65. The topological polar surface area (TPSA) is 43.8 Å². The van der Waals surface area contributed by atoms with Gasteiger partial charge in [0.2, 0.25) is 0 Å². The van der Waals surface area contributed by atoms with Gasteiger partial charge in [0.05, 0.1) is 17.4 Å². The molecule has 3 rings (SSSR count). The quantitative estimate of drug-likeness (QED) is 0.784. The predicted octanol–water partition coefficient (Wildman–Crippen LogP) is 3.82. The summed E-state index contributed by atoms with van der Waals surface area (Å²) in [4.78, 5) is 0. The molecule has 0 fully saturated rings. The normalized spacial score (nSPS) is 12.3. The van der Waals surface area contributed by atoms with Crippen molar-refractivity contribution in [2.24, 2.45) is 5.73 Å². The van der Waals surface area contributed by atoms with E-state index in [1.807, 2.05) is 36.4 Å². The molecule has 3 nitrogen and oxygen atoms in total. The molecule has 2 aromatic carbocycles. The molecular formula is C16H13BrFN3. The molecule has 0 aliphatic heterocycles. The molecule has 0 radical (unpaired) electrons. The third-order valence-corrected chi connectivity index (χ3v) is 3.98. The summed E-state index contributed by atoms with van der Waals surface area (Å²) in [5, 5.41) is 4.33. The van der Waals surface area contributed by atoms with Crippen LogP contribution in [0.15, 0.2) is 65.3 Å². The van der Waals surface area contributed by atoms with Gasteiger partial charge in [-0.25, -0.2) is 9.07 Å². The number of nitrogens with zero attached hydrogens (tertiary/aromatic N) is 2. The Balaban J connectivity index is 2.03. The lowest BCUT2D eigenvalue weighted by Gasteiger charge is -2.16. The second-order valence-corrected chi connectivity index (χ2v) is 5.50. The Kier molecular flexibility index (Phi) is 3.86. The molecule has 0 bridgehead atoms. The first-order valence-corrected chi connectivity index (χ1v) is 7.26. The highest BCUT2D eigenvalue weighted by Crippen LogP contribution is 2.28. The van der Waals surface area contributed by atoms with E-state index in [0.717, 1.165) is 16.9 Å². The van der Waals surface area contributed by atoms with Crippen LogP contribution in [0.25, 0.3) is 5.69 Å². The standard InChI is InChI=1S/C16H13BrFN3/c17-14-10-11(18)6-7-13(14)16(19)15-8-9-20-21(15)12-4-2-1-3-5-12/h1-10,16H,19H2. The highest BCUT2D eigenvalue weighted by Gasteiger charge is 2.17. The second kappa shape index (κ2) is 5.79. The van der Waals surface area contributed by atoms with Crippen LogP contribution in [0.5, 0.6) is 0 Å². The maximum Gasteiger partial charge on any atom is 0.124 e. The maximum absolute atomic E-state index is 13.2. The lowest BCUT2D eigenvalue weighted by atomic mass is 10.0. The SMILES string of the molecule is NC(c1ccc(F)cc1Br)c1ccnn1-c1ccccc1. The number of nitrogens with two attached hydrogens (primary N) is 1. The summed E-state index contributed by atoms with van der Waals surface area (Å²) in [7, 11) is 0. The minimum absolute atomic E-state index is 0.297. The van der Waals surface area contributed by atoms with Crippen LogP contribution in [0.3, 0.4) is 0 Å². The van der Waals surface area contributed by atoms with Crippen molar-refractivity contribution in [3.63, 3.8) is 0 Å². The molecule has 1 heterocycles. The summed E-state index contributed by atoms with van der Waals surface area (Å²) in [5.41, 5.74) is 8.93. The zero-order chi connectivity index (χ0) is 14.8. The van der Waals surface area contributed by atoms with Crippen molar-refractivity contribution in [2.75, 3.05) is 0 Å². The Morgan fingerprint density at radius 2 is 1.86 bits per heavy atom. The number of aromatic nitrogens is 2. The molecule has 5 heteroatoms. The van der Waals surface area contributed by atoms with E-state index in [4.69, 9.17) is 5.73 Å². The number of hydrogen-bond donors (Lipinski definition) is 1. The Morgan fingerprint density at radius 1 is 1.10 bits per heavy atom. The molecule has 106 valence electrons. The average Bonchev–Trinajstić information content (AvgIpc) is 2.97. The van der Waals surface area contributed by atoms with E-state index in [2.05, 4.69) is 21.0 Å². The summed E-state index contributed by atoms with van der Waals surface area (Å²) >= 11 is 3.36. The van der Waals surface area contributed by atoms with E-state index >= 15 is 0 Å². The van der Waals surface area contributed by atoms with Gasteiger partial charge in [-0.1, -0.05) is 40.2 Å². The van der Waals surface area contributed by atoms with Crippen LogP contribution < -0.4 is 5.73 Å². The van der Waals surface area contributed by atoms with Gasteiger partial charge >= 0.3 is 0 Å². The Bertz CT molecular complexity index is 755. The molecule has 1 atom stereocenters. The van der Waals surface area contributed by atoms with Crippen molar-refractivity contribution >= 4 is 15.9 Å². The molecule has 21 heavy (non-hydrogen) atoms. The molecule has 1 aromatic heterocycles. The van der Waals surface area contributed by atoms with Gasteiger partial charge in [0.15, 0.2) is 0 Å². The van der Waals surface area contributed by atoms with Crippen LogP contribution in [0.2, 0.25) is 0 Å². The van der Waals surface area contributed by atoms with Crippen molar-refractivity contribution in [1.29, 1.82) is 0 Å². The highest BCUT2D eigenvalue weighted by molar-refractivity contribution is 9.10. The van der Waals surface area contributed by atoms with Gasteiger partial charge in [0, 0.05) is 10.7 Å². The molecule has 0 spiro atoms. The Labute approximate surface area is 130 Å². The molecule has 0 saturated heterocycles. The number of para-hydroxylation sites is 1. The third-order valence-electron chi connectivity index (χ3n) is 3.29. The van der Waals surface area contributed by atoms with Gasteiger partial charge in [0.1, 0.15) is 5.82 Å². The van der Waals surface area contributed by atoms with Crippen LogP contribution in [-0.2, 0) is 0 Å². The first-order valence-electron chi connectivity index (χ1n) is 6.46. The number of halogens is 2. The molecule has 1 unspecified atom stereocenters. The van der Waals surface area contributed by atoms with Crippen LogP contribution in [-0.4, -0.2) is 9.78 Å². The number of rotatable bonds is 3. The van der Waals surface area contributed by atoms with Gasteiger partial charge in [-0.3, -0.25) is 0 Å². The molecule has 3 aromatic rings. The summed E-state index contributed by atoms with van der Waals surface area (Å²) in [6.45, 7) is 0. The molecule has 0 saturated carbocycles. The van der Waals surface area contributed by atoms with Crippen LogP contribution in [0.1, 0.15) is 17.3 Å². The number of benzene rings is 2. The number of hydrogen-bond acceptors (Lipinski definition) is 2. The third kappa shape index (κ3) is 2.75. The lowest BCUT2D eigenvalue weighted by molar-refractivity contribution is 0.624. The lowest BCUT2D eigenvalue weighted by Crippen LogP contribution is -2.17. The van der Waals surface area contributed by atoms with E-state index in [1.54, 1.807) is 16.9 Å². The molecule has 0 aliphatic rings. The molecule has 0 amide bonds. The van der Waals surface area contributed by atoms with E-state index in [-0.39, 0.29) is 5.82 Å².